The van der Waals surface area contributed by atoms with Crippen molar-refractivity contribution in [1.82, 2.24) is 9.97 Å². The van der Waals surface area contributed by atoms with Crippen molar-refractivity contribution in [3.63, 3.8) is 0 Å². The molecule has 0 saturated carbocycles. The second kappa shape index (κ2) is 8.43. The highest BCUT2D eigenvalue weighted by atomic mass is 16.4. The second-order valence-electron chi connectivity index (χ2n) is 7.60. The summed E-state index contributed by atoms with van der Waals surface area (Å²) in [7, 11) is 2.04. The summed E-state index contributed by atoms with van der Waals surface area (Å²) in [5.74, 6) is 0.501. The number of rotatable bonds is 6. The number of aryl methyl sites for hydroxylation is 2. The molecule has 0 amide bonds. The molecule has 0 saturated heterocycles. The summed E-state index contributed by atoms with van der Waals surface area (Å²) < 4.78 is 0. The van der Waals surface area contributed by atoms with E-state index in [0.717, 1.165) is 49.2 Å². The van der Waals surface area contributed by atoms with Gasteiger partial charge in [0.2, 0.25) is 0 Å². The summed E-state index contributed by atoms with van der Waals surface area (Å²) in [6, 6.07) is 14.2. The molecule has 1 aromatic carbocycles. The van der Waals surface area contributed by atoms with Gasteiger partial charge in [-0.05, 0) is 85.0 Å². The number of aromatic carboxylic acids is 1. The predicted octanol–water partition coefficient (Wildman–Crippen LogP) is 5.00. The number of hydrogen-bond donors (Lipinski definition) is 1. The summed E-state index contributed by atoms with van der Waals surface area (Å²) in [5.41, 5.74) is 5.12. The molecule has 0 aliphatic heterocycles. The zero-order valence-electron chi connectivity index (χ0n) is 16.6. The smallest absolute Gasteiger partial charge is 0.336 e. The molecule has 3 aromatic rings. The van der Waals surface area contributed by atoms with Crippen molar-refractivity contribution < 1.29 is 9.90 Å². The first-order valence-corrected chi connectivity index (χ1v) is 10.1. The highest BCUT2D eigenvalue weighted by molar-refractivity contribution is 5.89. The number of pyridine rings is 2. The highest BCUT2D eigenvalue weighted by Crippen LogP contribution is 2.37. The van der Waals surface area contributed by atoms with Crippen molar-refractivity contribution >= 4 is 17.5 Å². The summed E-state index contributed by atoms with van der Waals surface area (Å²) >= 11 is 0. The monoisotopic (exact) mass is 387 g/mol. The Morgan fingerprint density at radius 1 is 1.21 bits per heavy atom. The summed E-state index contributed by atoms with van der Waals surface area (Å²) in [6.45, 7) is 0. The van der Waals surface area contributed by atoms with Gasteiger partial charge in [0.05, 0.1) is 5.56 Å². The van der Waals surface area contributed by atoms with Crippen LogP contribution in [0, 0.1) is 0 Å². The molecule has 148 valence electrons. The third-order valence-corrected chi connectivity index (χ3v) is 5.84. The van der Waals surface area contributed by atoms with Crippen molar-refractivity contribution in [1.29, 1.82) is 0 Å². The first kappa shape index (κ1) is 19.1. The average Bonchev–Trinajstić information content (AvgIpc) is 2.77. The quantitative estimate of drug-likeness (QED) is 0.645. The maximum absolute atomic E-state index is 11.5. The van der Waals surface area contributed by atoms with Crippen LogP contribution >= 0.6 is 0 Å². The molecule has 2 heterocycles. The Bertz CT molecular complexity index is 1000. The molecule has 1 aliphatic rings. The predicted molar refractivity (Wildman–Crippen MR) is 114 cm³/mol. The summed E-state index contributed by atoms with van der Waals surface area (Å²) in [6.07, 6.45) is 10.1. The minimum Gasteiger partial charge on any atom is -0.478 e. The third-order valence-electron chi connectivity index (χ3n) is 5.84. The van der Waals surface area contributed by atoms with Crippen LogP contribution in [0.2, 0.25) is 0 Å². The molecule has 5 heteroatoms. The Kier molecular flexibility index (Phi) is 5.56. The Labute approximate surface area is 171 Å². The first-order chi connectivity index (χ1) is 14.1. The molecule has 0 unspecified atom stereocenters. The van der Waals surface area contributed by atoms with E-state index >= 15 is 0 Å². The van der Waals surface area contributed by atoms with Crippen LogP contribution < -0.4 is 4.90 Å². The number of carboxylic acids is 1. The largest absolute Gasteiger partial charge is 0.478 e. The van der Waals surface area contributed by atoms with Gasteiger partial charge < -0.3 is 10.0 Å². The number of aromatic nitrogens is 2. The number of hydrogen-bond acceptors (Lipinski definition) is 4. The molecule has 1 aliphatic carbocycles. The van der Waals surface area contributed by atoms with Gasteiger partial charge in [-0.25, -0.2) is 9.78 Å². The van der Waals surface area contributed by atoms with Gasteiger partial charge in [-0.3, -0.25) is 4.98 Å². The highest BCUT2D eigenvalue weighted by Gasteiger charge is 2.22. The number of carboxylic acid groups (broad SMARTS) is 1. The van der Waals surface area contributed by atoms with Crippen molar-refractivity contribution in [2.24, 2.45) is 0 Å². The molecule has 0 fully saturated rings. The molecule has 1 N–H and O–H groups in total. The van der Waals surface area contributed by atoms with Crippen LogP contribution in [-0.4, -0.2) is 28.1 Å². The van der Waals surface area contributed by atoms with Crippen molar-refractivity contribution in [2.45, 2.75) is 38.0 Å². The number of fused-ring (bicyclic) bond motifs is 1. The van der Waals surface area contributed by atoms with Gasteiger partial charge in [0.15, 0.2) is 0 Å². The van der Waals surface area contributed by atoms with Crippen LogP contribution in [0.4, 0.5) is 11.5 Å². The van der Waals surface area contributed by atoms with E-state index in [-0.39, 0.29) is 0 Å². The van der Waals surface area contributed by atoms with Gasteiger partial charge in [-0.15, -0.1) is 0 Å². The average molecular weight is 387 g/mol. The van der Waals surface area contributed by atoms with Crippen molar-refractivity contribution in [3.05, 3.63) is 83.3 Å². The van der Waals surface area contributed by atoms with Crippen LogP contribution in [0.25, 0.3) is 0 Å². The van der Waals surface area contributed by atoms with Crippen LogP contribution in [0.15, 0.2) is 61.1 Å². The number of anilines is 2. The molecule has 0 spiro atoms. The van der Waals surface area contributed by atoms with E-state index in [1.807, 2.05) is 31.4 Å². The fourth-order valence-electron chi connectivity index (χ4n) is 4.26. The van der Waals surface area contributed by atoms with Gasteiger partial charge in [0.25, 0.3) is 0 Å². The maximum Gasteiger partial charge on any atom is 0.336 e. The van der Waals surface area contributed by atoms with Crippen LogP contribution in [0.5, 0.6) is 0 Å². The van der Waals surface area contributed by atoms with E-state index in [0.29, 0.717) is 11.5 Å². The molecule has 5 nitrogen and oxygen atoms in total. The lowest BCUT2D eigenvalue weighted by Crippen LogP contribution is -2.15. The maximum atomic E-state index is 11.5. The minimum absolute atomic E-state index is 0.364. The zero-order chi connectivity index (χ0) is 20.2. The Balaban J connectivity index is 1.53. The van der Waals surface area contributed by atoms with Crippen molar-refractivity contribution in [2.75, 3.05) is 11.9 Å². The van der Waals surface area contributed by atoms with Crippen LogP contribution in [-0.2, 0) is 12.8 Å². The zero-order valence-corrected chi connectivity index (χ0v) is 16.6. The number of carbonyl (C=O) groups is 1. The fraction of sp³-hybridized carbons (Fsp3) is 0.292. The molecule has 0 bridgehead atoms. The van der Waals surface area contributed by atoms with Gasteiger partial charge in [0.1, 0.15) is 5.82 Å². The van der Waals surface area contributed by atoms with Crippen LogP contribution in [0.1, 0.15) is 52.2 Å². The van der Waals surface area contributed by atoms with Gasteiger partial charge in [-0.2, -0.15) is 0 Å². The minimum atomic E-state index is -0.881. The van der Waals surface area contributed by atoms with Crippen molar-refractivity contribution in [3.8, 4) is 0 Å². The molecule has 0 radical (unpaired) electrons. The number of nitrogens with zero attached hydrogens (tertiary/aromatic N) is 3. The lowest BCUT2D eigenvalue weighted by atomic mass is 9.79. The van der Waals surface area contributed by atoms with E-state index in [1.54, 1.807) is 18.5 Å². The Morgan fingerprint density at radius 2 is 2.10 bits per heavy atom. The summed E-state index contributed by atoms with van der Waals surface area (Å²) in [4.78, 5) is 22.1. The van der Waals surface area contributed by atoms with E-state index in [2.05, 4.69) is 33.1 Å². The van der Waals surface area contributed by atoms with E-state index in [1.165, 1.54) is 11.1 Å². The molecule has 4 rings (SSSR count). The van der Waals surface area contributed by atoms with E-state index < -0.39 is 5.97 Å². The molecular weight excluding hydrogens is 362 g/mol. The van der Waals surface area contributed by atoms with E-state index in [4.69, 9.17) is 0 Å². The molecular formula is C24H25N3O2. The molecule has 29 heavy (non-hydrogen) atoms. The normalized spacial score (nSPS) is 15.6. The SMILES string of the molecule is CN(c1ccc2c(c1)CCC[C@H]2CCc1cnccc1C(=O)O)c1ccccn1. The third kappa shape index (κ3) is 4.14. The Hall–Kier alpha value is -3.21. The summed E-state index contributed by atoms with van der Waals surface area (Å²) in [5, 5.41) is 9.40. The number of benzene rings is 1. The lowest BCUT2D eigenvalue weighted by Gasteiger charge is -2.28. The fourth-order valence-corrected chi connectivity index (χ4v) is 4.26. The van der Waals surface area contributed by atoms with Gasteiger partial charge in [0, 0.05) is 31.3 Å². The topological polar surface area (TPSA) is 66.3 Å². The lowest BCUT2D eigenvalue weighted by molar-refractivity contribution is 0.0695. The molecule has 1 atom stereocenters. The second-order valence-corrected chi connectivity index (χ2v) is 7.60. The molecule has 2 aromatic heterocycles. The van der Waals surface area contributed by atoms with Gasteiger partial charge >= 0.3 is 5.97 Å². The standard InChI is InChI=1S/C24H25N3O2/c1-27(23-7-2-3-13-26-23)20-10-11-21-17(5-4-6-18(21)15-20)8-9-19-16-25-14-12-22(19)24(28)29/h2-3,7,10-17H,4-6,8-9H2,1H3,(H,28,29)/t17-/m0/s1. The Morgan fingerprint density at radius 3 is 2.90 bits per heavy atom. The van der Waals surface area contributed by atoms with Crippen LogP contribution in [0.3, 0.4) is 0 Å². The first-order valence-electron chi connectivity index (χ1n) is 10.1. The van der Waals surface area contributed by atoms with E-state index in [9.17, 15) is 9.90 Å². The van der Waals surface area contributed by atoms with Gasteiger partial charge in [-0.1, -0.05) is 12.1 Å².